The molecule has 0 aliphatic carbocycles. The lowest BCUT2D eigenvalue weighted by Crippen LogP contribution is -2.39. The molecular formula is C24H28N2O6S2. The summed E-state index contributed by atoms with van der Waals surface area (Å²) < 4.78 is 48.2. The predicted octanol–water partition coefficient (Wildman–Crippen LogP) is 4.29. The lowest BCUT2D eigenvalue weighted by atomic mass is 10.1. The maximum Gasteiger partial charge on any atom is 0.185 e. The van der Waals surface area contributed by atoms with E-state index in [0.717, 1.165) is 27.9 Å². The molecule has 34 heavy (non-hydrogen) atoms. The molecule has 0 saturated carbocycles. The zero-order chi connectivity index (χ0) is 24.3. The highest BCUT2D eigenvalue weighted by Crippen LogP contribution is 2.38. The van der Waals surface area contributed by atoms with Crippen LogP contribution in [0, 0.1) is 0 Å². The second kappa shape index (κ2) is 10.1. The van der Waals surface area contributed by atoms with Crippen molar-refractivity contribution in [1.29, 1.82) is 0 Å². The summed E-state index contributed by atoms with van der Waals surface area (Å²) in [5.41, 5.74) is 1.65. The number of hydrogen-bond donors (Lipinski definition) is 0. The van der Waals surface area contributed by atoms with Gasteiger partial charge < -0.3 is 23.8 Å². The van der Waals surface area contributed by atoms with E-state index >= 15 is 0 Å². The quantitative estimate of drug-likeness (QED) is 0.449. The van der Waals surface area contributed by atoms with Crippen LogP contribution in [0.5, 0.6) is 23.0 Å². The molecule has 1 aromatic heterocycles. The van der Waals surface area contributed by atoms with Gasteiger partial charge in [-0.25, -0.2) is 13.4 Å². The molecule has 0 N–H and O–H groups in total. The van der Waals surface area contributed by atoms with Gasteiger partial charge in [0.15, 0.2) is 15.0 Å². The van der Waals surface area contributed by atoms with Crippen LogP contribution in [0.4, 0.5) is 5.13 Å². The lowest BCUT2D eigenvalue weighted by Gasteiger charge is -2.31. The third-order valence-corrected chi connectivity index (χ3v) is 9.19. The number of sulfone groups is 1. The van der Waals surface area contributed by atoms with Crippen molar-refractivity contribution in [3.05, 3.63) is 41.8 Å². The molecule has 8 nitrogen and oxygen atoms in total. The Balaban J connectivity index is 1.51. The van der Waals surface area contributed by atoms with E-state index in [-0.39, 0.29) is 4.90 Å². The number of benzene rings is 2. The number of nitrogens with zero attached hydrogens (tertiary/aromatic N) is 2. The Morgan fingerprint density at radius 2 is 1.50 bits per heavy atom. The minimum absolute atomic E-state index is 0.175. The molecule has 2 aromatic carbocycles. The van der Waals surface area contributed by atoms with E-state index in [1.165, 1.54) is 31.6 Å². The Hall–Kier alpha value is -2.98. The van der Waals surface area contributed by atoms with E-state index < -0.39 is 15.1 Å². The maximum atomic E-state index is 13.4. The first-order valence-corrected chi connectivity index (χ1v) is 13.2. The van der Waals surface area contributed by atoms with Gasteiger partial charge in [0.05, 0.1) is 39.4 Å². The highest BCUT2D eigenvalue weighted by atomic mass is 32.2. The normalized spacial score (nSPS) is 14.6. The fourth-order valence-corrected chi connectivity index (χ4v) is 6.87. The Bertz CT molecular complexity index is 1250. The summed E-state index contributed by atoms with van der Waals surface area (Å²) in [6, 6.07) is 10.5. The standard InChI is InChI=1S/C24H28N2O6S2/c1-29-16-5-7-21(31-3)19(13-16)20-15-33-24(25-20)26-11-9-18(10-12-26)34(27,28)23-14-17(30-2)6-8-22(23)32-4/h5-8,13-15,18H,9-12H2,1-4H3. The van der Waals surface area contributed by atoms with Gasteiger partial charge in [0.2, 0.25) is 0 Å². The molecule has 1 fully saturated rings. The number of anilines is 1. The van der Waals surface area contributed by atoms with Crippen molar-refractivity contribution in [1.82, 2.24) is 4.98 Å². The average Bonchev–Trinajstić information content (AvgIpc) is 3.38. The highest BCUT2D eigenvalue weighted by molar-refractivity contribution is 7.92. The van der Waals surface area contributed by atoms with Gasteiger partial charge >= 0.3 is 0 Å². The Morgan fingerprint density at radius 1 is 0.882 bits per heavy atom. The van der Waals surface area contributed by atoms with Crippen LogP contribution < -0.4 is 23.8 Å². The first kappa shape index (κ1) is 24.2. The van der Waals surface area contributed by atoms with Crippen molar-refractivity contribution in [2.24, 2.45) is 0 Å². The molecule has 0 radical (unpaired) electrons. The van der Waals surface area contributed by atoms with Crippen LogP contribution in [0.2, 0.25) is 0 Å². The van der Waals surface area contributed by atoms with Crippen LogP contribution in [0.15, 0.2) is 46.7 Å². The fraction of sp³-hybridized carbons (Fsp3) is 0.375. The third kappa shape index (κ3) is 4.65. The summed E-state index contributed by atoms with van der Waals surface area (Å²) in [7, 11) is 2.66. The maximum absolute atomic E-state index is 13.4. The van der Waals surface area contributed by atoms with Crippen LogP contribution in [-0.2, 0) is 9.84 Å². The summed E-state index contributed by atoms with van der Waals surface area (Å²) in [5, 5.41) is 2.34. The van der Waals surface area contributed by atoms with Gasteiger partial charge in [0, 0.05) is 30.1 Å². The Kier molecular flexibility index (Phi) is 7.18. The Labute approximate surface area is 204 Å². The molecular weight excluding hydrogens is 476 g/mol. The predicted molar refractivity (Wildman–Crippen MR) is 133 cm³/mol. The summed E-state index contributed by atoms with van der Waals surface area (Å²) in [5.74, 6) is 2.26. The van der Waals surface area contributed by atoms with Crippen molar-refractivity contribution >= 4 is 26.3 Å². The minimum atomic E-state index is -3.58. The minimum Gasteiger partial charge on any atom is -0.497 e. The molecule has 182 valence electrons. The van der Waals surface area contributed by atoms with E-state index in [1.54, 1.807) is 26.4 Å². The van der Waals surface area contributed by atoms with Gasteiger partial charge in [0.1, 0.15) is 27.9 Å². The van der Waals surface area contributed by atoms with Crippen LogP contribution in [-0.4, -0.2) is 60.2 Å². The van der Waals surface area contributed by atoms with Crippen LogP contribution >= 0.6 is 11.3 Å². The zero-order valence-corrected chi connectivity index (χ0v) is 21.2. The van der Waals surface area contributed by atoms with Gasteiger partial charge in [-0.05, 0) is 43.2 Å². The lowest BCUT2D eigenvalue weighted by molar-refractivity contribution is 0.391. The molecule has 0 unspecified atom stereocenters. The first-order valence-electron chi connectivity index (χ1n) is 10.8. The molecule has 3 aromatic rings. The number of methoxy groups -OCH3 is 4. The molecule has 4 rings (SSSR count). The number of ether oxygens (including phenoxy) is 4. The molecule has 0 spiro atoms. The van der Waals surface area contributed by atoms with Crippen molar-refractivity contribution in [2.45, 2.75) is 23.0 Å². The van der Waals surface area contributed by atoms with E-state index in [0.29, 0.717) is 37.4 Å². The van der Waals surface area contributed by atoms with Gasteiger partial charge in [-0.3, -0.25) is 0 Å². The largest absolute Gasteiger partial charge is 0.497 e. The second-order valence-electron chi connectivity index (χ2n) is 7.83. The van der Waals surface area contributed by atoms with Gasteiger partial charge in [-0.1, -0.05) is 0 Å². The van der Waals surface area contributed by atoms with Crippen molar-refractivity contribution in [2.75, 3.05) is 46.4 Å². The monoisotopic (exact) mass is 504 g/mol. The van der Waals surface area contributed by atoms with E-state index in [1.807, 2.05) is 23.6 Å². The van der Waals surface area contributed by atoms with Crippen LogP contribution in [0.25, 0.3) is 11.3 Å². The third-order valence-electron chi connectivity index (χ3n) is 6.00. The molecule has 1 aliphatic rings. The number of thiazole rings is 1. The highest BCUT2D eigenvalue weighted by Gasteiger charge is 2.34. The van der Waals surface area contributed by atoms with Crippen LogP contribution in [0.3, 0.4) is 0 Å². The fourth-order valence-electron chi connectivity index (χ4n) is 4.09. The first-order chi connectivity index (χ1) is 16.4. The second-order valence-corrected chi connectivity index (χ2v) is 10.9. The Morgan fingerprint density at radius 3 is 2.12 bits per heavy atom. The molecule has 10 heteroatoms. The summed E-state index contributed by atoms with van der Waals surface area (Å²) >= 11 is 1.53. The van der Waals surface area contributed by atoms with Crippen molar-refractivity contribution in [3.63, 3.8) is 0 Å². The van der Waals surface area contributed by atoms with Gasteiger partial charge in [0.25, 0.3) is 0 Å². The number of rotatable bonds is 8. The van der Waals surface area contributed by atoms with Gasteiger partial charge in [-0.15, -0.1) is 11.3 Å². The van der Waals surface area contributed by atoms with Crippen LogP contribution in [0.1, 0.15) is 12.8 Å². The molecule has 1 saturated heterocycles. The molecule has 0 atom stereocenters. The average molecular weight is 505 g/mol. The van der Waals surface area contributed by atoms with E-state index in [4.69, 9.17) is 23.9 Å². The molecule has 1 aliphatic heterocycles. The van der Waals surface area contributed by atoms with E-state index in [9.17, 15) is 8.42 Å². The number of aromatic nitrogens is 1. The van der Waals surface area contributed by atoms with E-state index in [2.05, 4.69) is 4.90 Å². The molecule has 2 heterocycles. The zero-order valence-electron chi connectivity index (χ0n) is 19.6. The SMILES string of the molecule is COc1ccc(OC)c(-c2csc(N3CCC(S(=O)(=O)c4cc(OC)ccc4OC)CC3)n2)c1. The van der Waals surface area contributed by atoms with Gasteiger partial charge in [-0.2, -0.15) is 0 Å². The van der Waals surface area contributed by atoms with Crippen molar-refractivity contribution < 1.29 is 27.4 Å². The summed E-state index contributed by atoms with van der Waals surface area (Å²) in [6.07, 6.45) is 1.00. The topological polar surface area (TPSA) is 87.2 Å². The summed E-state index contributed by atoms with van der Waals surface area (Å²) in [4.78, 5) is 7.12. The molecule has 0 bridgehead atoms. The number of hydrogen-bond acceptors (Lipinski definition) is 9. The van der Waals surface area contributed by atoms with Crippen molar-refractivity contribution in [3.8, 4) is 34.3 Å². The summed E-state index contributed by atoms with van der Waals surface area (Å²) in [6.45, 7) is 1.19. The smallest absolute Gasteiger partial charge is 0.185 e. The number of piperidine rings is 1. The molecule has 0 amide bonds.